The van der Waals surface area contributed by atoms with E-state index >= 15 is 0 Å². The average Bonchev–Trinajstić information content (AvgIpc) is 2.98. The van der Waals surface area contributed by atoms with Crippen molar-refractivity contribution >= 4 is 16.7 Å². The van der Waals surface area contributed by atoms with Crippen LogP contribution in [0.5, 0.6) is 5.88 Å². The summed E-state index contributed by atoms with van der Waals surface area (Å²) in [5, 5.41) is 26.6. The number of aromatic amines is 1. The molecule has 0 saturated heterocycles. The van der Waals surface area contributed by atoms with E-state index in [1.165, 1.54) is 12.1 Å². The van der Waals surface area contributed by atoms with Crippen LogP contribution < -0.4 is 11.2 Å². The van der Waals surface area contributed by atoms with Crippen LogP contribution in [0.1, 0.15) is 11.3 Å². The molecule has 0 aliphatic heterocycles. The maximum Gasteiger partial charge on any atom is 0.336 e. The van der Waals surface area contributed by atoms with E-state index in [-0.39, 0.29) is 17.7 Å². The van der Waals surface area contributed by atoms with Crippen molar-refractivity contribution in [1.29, 1.82) is 0 Å². The monoisotopic (exact) mass is 410 g/mol. The number of hydrogen-bond acceptors (Lipinski definition) is 5. The highest BCUT2D eigenvalue weighted by Crippen LogP contribution is 2.22. The van der Waals surface area contributed by atoms with E-state index in [4.69, 9.17) is 5.11 Å². The van der Waals surface area contributed by atoms with Crippen LogP contribution in [-0.4, -0.2) is 35.5 Å². The second-order valence-electron chi connectivity index (χ2n) is 6.63. The third-order valence-electron chi connectivity index (χ3n) is 4.64. The van der Waals surface area contributed by atoms with Crippen molar-refractivity contribution in [3.8, 4) is 11.6 Å². The lowest BCUT2D eigenvalue weighted by Gasteiger charge is -2.09. The van der Waals surface area contributed by atoms with Gasteiger partial charge in [0.1, 0.15) is 12.4 Å². The molecular weight excluding hydrogens is 395 g/mol. The Kier molecular flexibility index (Phi) is 4.66. The molecule has 4 aromatic rings. The van der Waals surface area contributed by atoms with Crippen molar-refractivity contribution in [2.24, 2.45) is 0 Å². The van der Waals surface area contributed by atoms with Crippen molar-refractivity contribution in [2.75, 3.05) is 0 Å². The van der Waals surface area contributed by atoms with Crippen LogP contribution in [0, 0.1) is 5.82 Å². The quantitative estimate of drug-likeness (QED) is 0.456. The van der Waals surface area contributed by atoms with Gasteiger partial charge in [0.2, 0.25) is 5.88 Å². The van der Waals surface area contributed by atoms with E-state index in [1.54, 1.807) is 24.3 Å². The fourth-order valence-corrected chi connectivity index (χ4v) is 3.30. The lowest BCUT2D eigenvalue weighted by molar-refractivity contribution is -0.137. The molecule has 10 heteroatoms. The van der Waals surface area contributed by atoms with Crippen molar-refractivity contribution in [1.82, 2.24) is 19.3 Å². The van der Waals surface area contributed by atoms with Gasteiger partial charge in [-0.05, 0) is 23.8 Å². The van der Waals surface area contributed by atoms with Gasteiger partial charge in [0.05, 0.1) is 23.0 Å². The minimum Gasteiger partial charge on any atom is -0.493 e. The van der Waals surface area contributed by atoms with Crippen molar-refractivity contribution in [3.63, 3.8) is 0 Å². The van der Waals surface area contributed by atoms with Gasteiger partial charge >= 0.3 is 11.7 Å². The van der Waals surface area contributed by atoms with Gasteiger partial charge in [-0.25, -0.2) is 18.9 Å². The number of benzene rings is 2. The Morgan fingerprint density at radius 1 is 1.13 bits per heavy atom. The van der Waals surface area contributed by atoms with Crippen LogP contribution in [0.25, 0.3) is 16.5 Å². The average molecular weight is 410 g/mol. The summed E-state index contributed by atoms with van der Waals surface area (Å²) in [6.07, 6.45) is 1.15. The Morgan fingerprint density at radius 2 is 1.87 bits per heavy atom. The highest BCUT2D eigenvalue weighted by Gasteiger charge is 2.18. The third-order valence-corrected chi connectivity index (χ3v) is 4.64. The summed E-state index contributed by atoms with van der Waals surface area (Å²) in [5.41, 5.74) is -0.340. The fraction of sp³-hybridized carbons (Fsp3) is 0.100. The molecule has 4 rings (SSSR count). The minimum atomic E-state index is -1.28. The summed E-state index contributed by atoms with van der Waals surface area (Å²) in [4.78, 5) is 35.3. The molecule has 0 unspecified atom stereocenters. The first kappa shape index (κ1) is 19.1. The number of halogens is 1. The van der Waals surface area contributed by atoms with Gasteiger partial charge in [0, 0.05) is 11.8 Å². The number of hydrogen-bond donors (Lipinski definition) is 3. The van der Waals surface area contributed by atoms with Gasteiger partial charge in [-0.1, -0.05) is 24.3 Å². The number of fused-ring (bicyclic) bond motifs is 1. The number of H-pyrrole nitrogens is 1. The minimum absolute atomic E-state index is 0.218. The number of rotatable bonds is 5. The number of aliphatic carboxylic acids is 1. The smallest absolute Gasteiger partial charge is 0.336 e. The van der Waals surface area contributed by atoms with E-state index in [1.807, 2.05) is 0 Å². The number of nitrogens with one attached hydrogen (secondary N) is 1. The molecule has 0 amide bonds. The van der Waals surface area contributed by atoms with E-state index in [9.17, 15) is 23.9 Å². The van der Waals surface area contributed by atoms with Gasteiger partial charge in [-0.2, -0.15) is 5.10 Å². The zero-order chi connectivity index (χ0) is 21.4. The molecule has 3 N–H and O–H groups in total. The van der Waals surface area contributed by atoms with Crippen LogP contribution in [0.2, 0.25) is 0 Å². The Hall–Kier alpha value is -4.21. The Balaban J connectivity index is 1.79. The molecule has 0 aliphatic carbocycles. The molecule has 0 aliphatic rings. The lowest BCUT2D eigenvalue weighted by Crippen LogP contribution is -2.26. The Morgan fingerprint density at radius 3 is 2.60 bits per heavy atom. The second kappa shape index (κ2) is 7.32. The molecule has 2 aromatic carbocycles. The molecule has 0 bridgehead atoms. The highest BCUT2D eigenvalue weighted by molar-refractivity contribution is 5.83. The second-order valence-corrected chi connectivity index (χ2v) is 6.63. The van der Waals surface area contributed by atoms with Crippen LogP contribution in [0.15, 0.2) is 58.3 Å². The fourth-order valence-electron chi connectivity index (χ4n) is 3.30. The molecule has 0 spiro atoms. The van der Waals surface area contributed by atoms with Crippen molar-refractivity contribution in [2.45, 2.75) is 13.0 Å². The summed E-state index contributed by atoms with van der Waals surface area (Å²) in [6.45, 7) is -0.673. The standard InChI is InChI=1S/C20H15FN4O5/c21-14-6-5-11(7-15-12-3-1-2-4-13(12)19(29)23-22-15)8-16(14)25-17(26)9-24(20(25)30)10-18(27)28/h1-6,8-9,26H,7,10H2,(H,23,29)(H,27,28). The van der Waals surface area contributed by atoms with Gasteiger partial charge < -0.3 is 10.2 Å². The summed E-state index contributed by atoms with van der Waals surface area (Å²) in [5.74, 6) is -2.65. The van der Waals surface area contributed by atoms with Gasteiger partial charge in [-0.15, -0.1) is 0 Å². The number of nitrogens with zero attached hydrogens (tertiary/aromatic N) is 3. The van der Waals surface area contributed by atoms with Crippen LogP contribution in [0.3, 0.4) is 0 Å². The van der Waals surface area contributed by atoms with E-state index < -0.39 is 29.9 Å². The van der Waals surface area contributed by atoms with Crippen LogP contribution >= 0.6 is 0 Å². The molecule has 30 heavy (non-hydrogen) atoms. The van der Waals surface area contributed by atoms with E-state index in [0.29, 0.717) is 26.6 Å². The number of carboxylic acids is 1. The van der Waals surface area contributed by atoms with Crippen molar-refractivity contribution in [3.05, 3.63) is 86.6 Å². The number of imidazole rings is 1. The summed E-state index contributed by atoms with van der Waals surface area (Å²) in [7, 11) is 0. The maximum atomic E-state index is 14.5. The first-order chi connectivity index (χ1) is 14.3. The molecule has 152 valence electrons. The largest absolute Gasteiger partial charge is 0.493 e. The number of aromatic hydroxyl groups is 1. The van der Waals surface area contributed by atoms with E-state index in [0.717, 1.165) is 16.8 Å². The zero-order valence-corrected chi connectivity index (χ0v) is 15.4. The molecule has 2 heterocycles. The summed E-state index contributed by atoms with van der Waals surface area (Å²) >= 11 is 0. The summed E-state index contributed by atoms with van der Waals surface area (Å²) in [6, 6.07) is 10.9. The Labute approximate surface area is 167 Å². The lowest BCUT2D eigenvalue weighted by atomic mass is 10.0. The van der Waals surface area contributed by atoms with Gasteiger partial charge in [-0.3, -0.25) is 14.2 Å². The number of aromatic nitrogens is 4. The summed E-state index contributed by atoms with van der Waals surface area (Å²) < 4.78 is 15.9. The normalized spacial score (nSPS) is 11.1. The molecule has 9 nitrogen and oxygen atoms in total. The van der Waals surface area contributed by atoms with E-state index in [2.05, 4.69) is 10.2 Å². The molecule has 0 saturated carbocycles. The van der Waals surface area contributed by atoms with Crippen LogP contribution in [0.4, 0.5) is 4.39 Å². The molecule has 0 fully saturated rings. The predicted octanol–water partition coefficient (Wildman–Crippen LogP) is 1.40. The topological polar surface area (TPSA) is 130 Å². The van der Waals surface area contributed by atoms with Gasteiger partial charge in [0.25, 0.3) is 5.56 Å². The molecular formula is C20H15FN4O5. The molecule has 0 radical (unpaired) electrons. The first-order valence-electron chi connectivity index (χ1n) is 8.83. The SMILES string of the molecule is O=C(O)Cn1cc(O)n(-c2cc(Cc3n[nH]c(=O)c4ccccc34)ccc2F)c1=O. The third kappa shape index (κ3) is 3.34. The zero-order valence-electron chi connectivity index (χ0n) is 15.4. The first-order valence-corrected chi connectivity index (χ1v) is 8.83. The maximum absolute atomic E-state index is 14.5. The van der Waals surface area contributed by atoms with Gasteiger partial charge in [0.15, 0.2) is 0 Å². The Bertz CT molecular complexity index is 1400. The molecule has 2 aromatic heterocycles. The predicted molar refractivity (Wildman–Crippen MR) is 104 cm³/mol. The number of carbonyl (C=O) groups is 1. The number of carboxylic acid groups (broad SMARTS) is 1. The van der Waals surface area contributed by atoms with Crippen molar-refractivity contribution < 1.29 is 19.4 Å². The molecule has 0 atom stereocenters. The van der Waals surface area contributed by atoms with Crippen LogP contribution in [-0.2, 0) is 17.8 Å². The highest BCUT2D eigenvalue weighted by atomic mass is 19.1.